The first kappa shape index (κ1) is 11.3. The maximum atomic E-state index is 5.58. The first-order valence-corrected chi connectivity index (χ1v) is 5.53. The minimum atomic E-state index is 0.757. The van der Waals surface area contributed by atoms with Gasteiger partial charge in [-0.25, -0.2) is 0 Å². The number of aryl methyl sites for hydroxylation is 1. The molecule has 1 aromatic rings. The highest BCUT2D eigenvalue weighted by molar-refractivity contribution is 9.10. The van der Waals surface area contributed by atoms with Gasteiger partial charge in [-0.1, -0.05) is 22.0 Å². The summed E-state index contributed by atoms with van der Waals surface area (Å²) in [7, 11) is 0. The van der Waals surface area contributed by atoms with Crippen molar-refractivity contribution in [2.24, 2.45) is 0 Å². The Morgan fingerprint density at radius 2 is 2.29 bits per heavy atom. The van der Waals surface area contributed by atoms with E-state index in [1.165, 1.54) is 5.56 Å². The average molecular weight is 255 g/mol. The Kier molecular flexibility index (Phi) is 4.74. The van der Waals surface area contributed by atoms with E-state index in [4.69, 9.17) is 4.74 Å². The van der Waals surface area contributed by atoms with Crippen molar-refractivity contribution in [3.05, 3.63) is 40.9 Å². The smallest absolute Gasteiger partial charge is 0.119 e. The van der Waals surface area contributed by atoms with Gasteiger partial charge in [0, 0.05) is 4.47 Å². The van der Waals surface area contributed by atoms with Gasteiger partial charge in [0.2, 0.25) is 0 Å². The molecule has 1 nitrogen and oxygen atoms in total. The van der Waals surface area contributed by atoms with Crippen LogP contribution in [0.25, 0.3) is 0 Å². The summed E-state index contributed by atoms with van der Waals surface area (Å²) in [6.07, 6.45) is 3.95. The van der Waals surface area contributed by atoms with E-state index in [1.54, 1.807) is 0 Å². The van der Waals surface area contributed by atoms with Crippen molar-refractivity contribution >= 4 is 15.9 Å². The molecule has 14 heavy (non-hydrogen) atoms. The van der Waals surface area contributed by atoms with Gasteiger partial charge in [0.05, 0.1) is 6.61 Å². The van der Waals surface area contributed by atoms with Gasteiger partial charge in [-0.2, -0.15) is 0 Å². The molecule has 0 atom stereocenters. The molecule has 0 radical (unpaired) electrons. The highest BCUT2D eigenvalue weighted by atomic mass is 79.9. The minimum absolute atomic E-state index is 0.757. The number of hydrogen-bond acceptors (Lipinski definition) is 1. The molecule has 1 aromatic carbocycles. The SMILES string of the molecule is C=CCCCOc1ccc(Br)c(C)c1. The lowest BCUT2D eigenvalue weighted by atomic mass is 10.2. The van der Waals surface area contributed by atoms with E-state index < -0.39 is 0 Å². The Morgan fingerprint density at radius 3 is 2.93 bits per heavy atom. The highest BCUT2D eigenvalue weighted by Gasteiger charge is 1.97. The molecular weight excluding hydrogens is 240 g/mol. The van der Waals surface area contributed by atoms with Crippen molar-refractivity contribution in [3.63, 3.8) is 0 Å². The van der Waals surface area contributed by atoms with Crippen LogP contribution in [0, 0.1) is 6.92 Å². The highest BCUT2D eigenvalue weighted by Crippen LogP contribution is 2.21. The van der Waals surface area contributed by atoms with Gasteiger partial charge in [-0.15, -0.1) is 6.58 Å². The summed E-state index contributed by atoms with van der Waals surface area (Å²) in [5, 5.41) is 0. The predicted octanol–water partition coefficient (Wildman–Crippen LogP) is 4.10. The Morgan fingerprint density at radius 1 is 1.50 bits per heavy atom. The van der Waals surface area contributed by atoms with E-state index >= 15 is 0 Å². The van der Waals surface area contributed by atoms with Crippen molar-refractivity contribution < 1.29 is 4.74 Å². The third-order valence-corrected chi connectivity index (χ3v) is 2.84. The normalized spacial score (nSPS) is 9.86. The Labute approximate surface area is 93.9 Å². The predicted molar refractivity (Wildman–Crippen MR) is 63.8 cm³/mol. The minimum Gasteiger partial charge on any atom is -0.494 e. The summed E-state index contributed by atoms with van der Waals surface area (Å²) in [6.45, 7) is 6.48. The van der Waals surface area contributed by atoms with Gasteiger partial charge in [0.15, 0.2) is 0 Å². The number of allylic oxidation sites excluding steroid dienone is 1. The zero-order chi connectivity index (χ0) is 10.4. The molecule has 0 fully saturated rings. The van der Waals surface area contributed by atoms with Crippen LogP contribution < -0.4 is 4.74 Å². The number of unbranched alkanes of at least 4 members (excludes halogenated alkanes) is 1. The number of ether oxygens (including phenoxy) is 1. The van der Waals surface area contributed by atoms with E-state index in [0.29, 0.717) is 0 Å². The molecule has 76 valence electrons. The number of halogens is 1. The van der Waals surface area contributed by atoms with Crippen molar-refractivity contribution in [1.29, 1.82) is 0 Å². The molecule has 0 aromatic heterocycles. The first-order chi connectivity index (χ1) is 6.74. The van der Waals surface area contributed by atoms with Gasteiger partial charge >= 0.3 is 0 Å². The van der Waals surface area contributed by atoms with E-state index in [1.807, 2.05) is 24.3 Å². The number of rotatable bonds is 5. The Balaban J connectivity index is 2.43. The molecule has 1 rings (SSSR count). The maximum absolute atomic E-state index is 5.58. The molecule has 0 N–H and O–H groups in total. The standard InChI is InChI=1S/C12H15BrO/c1-3-4-5-8-14-11-6-7-12(13)10(2)9-11/h3,6-7,9H,1,4-5,8H2,2H3. The second kappa shape index (κ2) is 5.86. The van der Waals surface area contributed by atoms with Gasteiger partial charge in [-0.05, 0) is 43.5 Å². The lowest BCUT2D eigenvalue weighted by Crippen LogP contribution is -1.96. The number of benzene rings is 1. The van der Waals surface area contributed by atoms with E-state index in [9.17, 15) is 0 Å². The molecule has 0 aliphatic rings. The van der Waals surface area contributed by atoms with Crippen LogP contribution in [0.15, 0.2) is 35.3 Å². The summed E-state index contributed by atoms with van der Waals surface area (Å²) in [5.74, 6) is 0.940. The quantitative estimate of drug-likeness (QED) is 0.568. The van der Waals surface area contributed by atoms with Gasteiger partial charge in [0.25, 0.3) is 0 Å². The van der Waals surface area contributed by atoms with Crippen molar-refractivity contribution in [2.45, 2.75) is 19.8 Å². The topological polar surface area (TPSA) is 9.23 Å². The van der Waals surface area contributed by atoms with Crippen LogP contribution in [0.5, 0.6) is 5.75 Å². The summed E-state index contributed by atoms with van der Waals surface area (Å²) in [5.41, 5.74) is 1.20. The van der Waals surface area contributed by atoms with Gasteiger partial charge < -0.3 is 4.74 Å². The first-order valence-electron chi connectivity index (χ1n) is 4.74. The molecule has 0 saturated carbocycles. The summed E-state index contributed by atoms with van der Waals surface area (Å²) in [6, 6.07) is 6.03. The largest absolute Gasteiger partial charge is 0.494 e. The van der Waals surface area contributed by atoms with Gasteiger partial charge in [-0.3, -0.25) is 0 Å². The maximum Gasteiger partial charge on any atom is 0.119 e. The van der Waals surface area contributed by atoms with Crippen LogP contribution in [0.4, 0.5) is 0 Å². The van der Waals surface area contributed by atoms with Crippen molar-refractivity contribution in [3.8, 4) is 5.75 Å². The molecule has 2 heteroatoms. The molecule has 0 spiro atoms. The van der Waals surface area contributed by atoms with Gasteiger partial charge in [0.1, 0.15) is 5.75 Å². The lowest BCUT2D eigenvalue weighted by Gasteiger charge is -2.06. The van der Waals surface area contributed by atoms with Crippen LogP contribution in [0.1, 0.15) is 18.4 Å². The number of hydrogen-bond donors (Lipinski definition) is 0. The average Bonchev–Trinajstić information content (AvgIpc) is 2.18. The second-order valence-electron chi connectivity index (χ2n) is 3.19. The third-order valence-electron chi connectivity index (χ3n) is 1.95. The Hall–Kier alpha value is -0.760. The lowest BCUT2D eigenvalue weighted by molar-refractivity contribution is 0.312. The molecule has 0 aliphatic carbocycles. The van der Waals surface area contributed by atoms with Crippen molar-refractivity contribution in [1.82, 2.24) is 0 Å². The third kappa shape index (κ3) is 3.54. The summed E-state index contributed by atoms with van der Waals surface area (Å²) >= 11 is 3.45. The molecule has 0 amide bonds. The fourth-order valence-electron chi connectivity index (χ4n) is 1.12. The zero-order valence-electron chi connectivity index (χ0n) is 8.42. The summed E-state index contributed by atoms with van der Waals surface area (Å²) < 4.78 is 6.70. The second-order valence-corrected chi connectivity index (χ2v) is 4.04. The monoisotopic (exact) mass is 254 g/mol. The zero-order valence-corrected chi connectivity index (χ0v) is 10.0. The van der Waals surface area contributed by atoms with E-state index in [0.717, 1.165) is 29.7 Å². The van der Waals surface area contributed by atoms with E-state index in [-0.39, 0.29) is 0 Å². The van der Waals surface area contributed by atoms with Crippen LogP contribution in [0.3, 0.4) is 0 Å². The molecule has 0 saturated heterocycles. The molecule has 0 bridgehead atoms. The summed E-state index contributed by atoms with van der Waals surface area (Å²) in [4.78, 5) is 0. The molecular formula is C12H15BrO. The Bertz CT molecular complexity index is 307. The molecule has 0 unspecified atom stereocenters. The fraction of sp³-hybridized carbons (Fsp3) is 0.333. The van der Waals surface area contributed by atoms with Crippen molar-refractivity contribution in [2.75, 3.05) is 6.61 Å². The van der Waals surface area contributed by atoms with Crippen LogP contribution in [-0.2, 0) is 0 Å². The van der Waals surface area contributed by atoms with Crippen LogP contribution in [-0.4, -0.2) is 6.61 Å². The molecule has 0 aliphatic heterocycles. The molecule has 0 heterocycles. The van der Waals surface area contributed by atoms with Crippen LogP contribution in [0.2, 0.25) is 0 Å². The van der Waals surface area contributed by atoms with Crippen LogP contribution >= 0.6 is 15.9 Å². The fourth-order valence-corrected chi connectivity index (χ4v) is 1.37. The van der Waals surface area contributed by atoms with E-state index in [2.05, 4.69) is 29.4 Å².